The molecule has 3 rings (SSSR count). The third kappa shape index (κ3) is 5.13. The van der Waals surface area contributed by atoms with Gasteiger partial charge in [0.25, 0.3) is 0 Å². The van der Waals surface area contributed by atoms with Crippen molar-refractivity contribution in [2.24, 2.45) is 0 Å². The van der Waals surface area contributed by atoms with Gasteiger partial charge in [-0.3, -0.25) is 0 Å². The molecule has 1 heterocycles. The molecule has 1 aliphatic heterocycles. The maximum absolute atomic E-state index is 6.35. The zero-order chi connectivity index (χ0) is 17.4. The van der Waals surface area contributed by atoms with Gasteiger partial charge in [-0.05, 0) is 24.1 Å². The summed E-state index contributed by atoms with van der Waals surface area (Å²) in [5.74, 6) is 0. The Hall–Kier alpha value is -0.340. The second kappa shape index (κ2) is 10.9. The molecule has 1 nitrogen and oxygen atoms in total. The average molecular weight is 362 g/mol. The van der Waals surface area contributed by atoms with E-state index in [2.05, 4.69) is 61.6 Å². The van der Waals surface area contributed by atoms with Crippen molar-refractivity contribution in [2.45, 2.75) is 88.8 Å². The fourth-order valence-corrected chi connectivity index (χ4v) is 4.28. The standard InChI is InChI=1S/C24H34O.Na/c1-2-3-4-5-6-7-8-9-10-14-19-23-20-15-16-21-24(23,25-23)22-17-12-11-13-18-22;/h11-13,15-18,20-21H,2-10,14,19H2,1H3;. The minimum atomic E-state index is -0.192. The van der Waals surface area contributed by atoms with Crippen LogP contribution in [0.5, 0.6) is 0 Å². The van der Waals surface area contributed by atoms with E-state index in [0.717, 1.165) is 6.42 Å². The van der Waals surface area contributed by atoms with E-state index in [0.29, 0.717) is 0 Å². The smallest absolute Gasteiger partial charge is 0.145 e. The number of allylic oxidation sites excluding steroid dienone is 2. The molecule has 0 N–H and O–H groups in total. The minimum Gasteiger partial charge on any atom is -0.348 e. The summed E-state index contributed by atoms with van der Waals surface area (Å²) in [7, 11) is 0. The number of hydrogen-bond acceptors (Lipinski definition) is 1. The number of unbranched alkanes of at least 4 members (excludes halogenated alkanes) is 9. The van der Waals surface area contributed by atoms with Gasteiger partial charge in [0, 0.05) is 29.6 Å². The topological polar surface area (TPSA) is 12.5 Å². The third-order valence-electron chi connectivity index (χ3n) is 5.84. The Kier molecular flexibility index (Phi) is 9.17. The Bertz CT molecular complexity index is 579. The van der Waals surface area contributed by atoms with E-state index in [4.69, 9.17) is 4.74 Å². The van der Waals surface area contributed by atoms with Crippen LogP contribution in [0.15, 0.2) is 54.6 Å². The van der Waals surface area contributed by atoms with Crippen molar-refractivity contribution in [3.63, 3.8) is 0 Å². The molecule has 0 aromatic heterocycles. The number of epoxide rings is 1. The van der Waals surface area contributed by atoms with Crippen LogP contribution in [0.1, 0.15) is 83.1 Å². The number of hydrogen-bond donors (Lipinski definition) is 0. The van der Waals surface area contributed by atoms with Crippen LogP contribution in [0.4, 0.5) is 0 Å². The van der Waals surface area contributed by atoms with Crippen LogP contribution in [-0.2, 0) is 10.3 Å². The summed E-state index contributed by atoms with van der Waals surface area (Å²) in [5.41, 5.74) is 1.02. The molecule has 2 heteroatoms. The zero-order valence-corrected chi connectivity index (χ0v) is 18.9. The van der Waals surface area contributed by atoms with E-state index in [1.807, 2.05) is 0 Å². The number of rotatable bonds is 12. The van der Waals surface area contributed by atoms with E-state index in [1.54, 1.807) is 0 Å². The van der Waals surface area contributed by atoms with E-state index in [-0.39, 0.29) is 40.8 Å². The van der Waals surface area contributed by atoms with Gasteiger partial charge in [0.05, 0.1) is 0 Å². The molecular formula is C24H34NaO. The normalized spacial score (nSPS) is 25.6. The Morgan fingerprint density at radius 1 is 0.731 bits per heavy atom. The number of benzene rings is 1. The average Bonchev–Trinajstić information content (AvgIpc) is 3.35. The van der Waals surface area contributed by atoms with Gasteiger partial charge in [0.15, 0.2) is 0 Å². The first-order chi connectivity index (χ1) is 12.3. The van der Waals surface area contributed by atoms with Crippen LogP contribution in [0, 0.1) is 0 Å². The van der Waals surface area contributed by atoms with E-state index < -0.39 is 0 Å². The van der Waals surface area contributed by atoms with Crippen molar-refractivity contribution < 1.29 is 4.74 Å². The van der Waals surface area contributed by atoms with Gasteiger partial charge in [0.1, 0.15) is 11.2 Å². The Morgan fingerprint density at radius 3 is 1.96 bits per heavy atom. The molecule has 2 atom stereocenters. The van der Waals surface area contributed by atoms with Gasteiger partial charge in [-0.25, -0.2) is 0 Å². The predicted octanol–water partition coefficient (Wildman–Crippen LogP) is 6.71. The van der Waals surface area contributed by atoms with Crippen molar-refractivity contribution >= 4 is 29.6 Å². The fourth-order valence-electron chi connectivity index (χ4n) is 4.28. The minimum absolute atomic E-state index is 0. The SMILES string of the molecule is CCCCCCCCCCCCC12C=CC=CC1(c1ccccc1)O2.[Na]. The second-order valence-corrected chi connectivity index (χ2v) is 7.74. The van der Waals surface area contributed by atoms with Gasteiger partial charge in [0.2, 0.25) is 0 Å². The summed E-state index contributed by atoms with van der Waals surface area (Å²) < 4.78 is 6.35. The molecule has 2 aliphatic rings. The van der Waals surface area contributed by atoms with Crippen LogP contribution in [0.3, 0.4) is 0 Å². The van der Waals surface area contributed by atoms with Gasteiger partial charge in [-0.15, -0.1) is 0 Å². The molecule has 1 aliphatic carbocycles. The first kappa shape index (κ1) is 22.0. The van der Waals surface area contributed by atoms with Crippen LogP contribution >= 0.6 is 0 Å². The fraction of sp³-hybridized carbons (Fsp3) is 0.583. The summed E-state index contributed by atoms with van der Waals surface area (Å²) in [6, 6.07) is 10.7. The Labute approximate surface area is 182 Å². The van der Waals surface area contributed by atoms with E-state index >= 15 is 0 Å². The first-order valence-electron chi connectivity index (χ1n) is 10.5. The van der Waals surface area contributed by atoms with Crippen molar-refractivity contribution in [1.82, 2.24) is 0 Å². The Balaban J connectivity index is 0.00000243. The van der Waals surface area contributed by atoms with Gasteiger partial charge in [-0.1, -0.05) is 114 Å². The molecule has 137 valence electrons. The second-order valence-electron chi connectivity index (χ2n) is 7.74. The maximum Gasteiger partial charge on any atom is 0.145 e. The molecule has 0 spiro atoms. The van der Waals surface area contributed by atoms with E-state index in [9.17, 15) is 0 Å². The summed E-state index contributed by atoms with van der Waals surface area (Å²) in [6.07, 6.45) is 23.8. The summed E-state index contributed by atoms with van der Waals surface area (Å²) >= 11 is 0. The summed E-state index contributed by atoms with van der Waals surface area (Å²) in [6.45, 7) is 2.28. The van der Waals surface area contributed by atoms with Crippen LogP contribution in [0.2, 0.25) is 0 Å². The molecule has 1 saturated heterocycles. The van der Waals surface area contributed by atoms with Crippen molar-refractivity contribution in [1.29, 1.82) is 0 Å². The molecule has 1 radical (unpaired) electrons. The molecule has 0 bridgehead atoms. The molecule has 1 aromatic carbocycles. The van der Waals surface area contributed by atoms with Crippen LogP contribution in [0.25, 0.3) is 0 Å². The molecule has 0 amide bonds. The molecule has 2 unspecified atom stereocenters. The third-order valence-corrected chi connectivity index (χ3v) is 5.84. The van der Waals surface area contributed by atoms with Gasteiger partial charge in [-0.2, -0.15) is 0 Å². The number of ether oxygens (including phenoxy) is 1. The van der Waals surface area contributed by atoms with Crippen LogP contribution in [-0.4, -0.2) is 35.2 Å². The van der Waals surface area contributed by atoms with Gasteiger partial charge < -0.3 is 4.74 Å². The molecular weight excluding hydrogens is 327 g/mol. The maximum atomic E-state index is 6.35. The van der Waals surface area contributed by atoms with Crippen molar-refractivity contribution in [3.8, 4) is 0 Å². The monoisotopic (exact) mass is 361 g/mol. The van der Waals surface area contributed by atoms with E-state index in [1.165, 1.54) is 69.8 Å². The molecule has 1 aromatic rings. The van der Waals surface area contributed by atoms with Crippen molar-refractivity contribution in [2.75, 3.05) is 0 Å². The quantitative estimate of drug-likeness (QED) is 0.229. The Morgan fingerprint density at radius 2 is 1.31 bits per heavy atom. The summed E-state index contributed by atoms with van der Waals surface area (Å²) in [5, 5.41) is 0. The molecule has 0 saturated carbocycles. The van der Waals surface area contributed by atoms with Crippen LogP contribution < -0.4 is 0 Å². The van der Waals surface area contributed by atoms with Gasteiger partial charge >= 0.3 is 0 Å². The zero-order valence-electron chi connectivity index (χ0n) is 16.9. The summed E-state index contributed by atoms with van der Waals surface area (Å²) in [4.78, 5) is 0. The molecule has 1 fully saturated rings. The largest absolute Gasteiger partial charge is 0.348 e. The first-order valence-corrected chi connectivity index (χ1v) is 10.5. The molecule has 26 heavy (non-hydrogen) atoms. The van der Waals surface area contributed by atoms with Crippen molar-refractivity contribution in [3.05, 3.63) is 60.2 Å². The predicted molar refractivity (Wildman–Crippen MR) is 112 cm³/mol. The number of fused-ring (bicyclic) bond motifs is 1.